The minimum atomic E-state index is -3.77. The van der Waals surface area contributed by atoms with Crippen LogP contribution < -0.4 is 9.64 Å². The number of aromatic nitrogens is 2. The maximum atomic E-state index is 13.9. The lowest BCUT2D eigenvalue weighted by atomic mass is 9.96. The topological polar surface area (TPSA) is 92.7 Å². The summed E-state index contributed by atoms with van der Waals surface area (Å²) in [7, 11) is -3.77. The van der Waals surface area contributed by atoms with Crippen molar-refractivity contribution in [2.45, 2.75) is 31.2 Å². The van der Waals surface area contributed by atoms with E-state index in [4.69, 9.17) is 9.72 Å². The fraction of sp³-hybridized carbons (Fsp3) is 0.296. The molecule has 5 rings (SSSR count). The van der Waals surface area contributed by atoms with Gasteiger partial charge in [0.25, 0.3) is 0 Å². The van der Waals surface area contributed by atoms with E-state index >= 15 is 0 Å². The number of piperidine rings is 1. The third kappa shape index (κ3) is 5.40. The van der Waals surface area contributed by atoms with Gasteiger partial charge in [-0.15, -0.1) is 0 Å². The number of ether oxygens (including phenoxy) is 1. The Morgan fingerprint density at radius 2 is 1.87 bits per heavy atom. The first-order valence-corrected chi connectivity index (χ1v) is 14.6. The molecule has 11 heteroatoms. The molecule has 0 radical (unpaired) electrons. The van der Waals surface area contributed by atoms with Crippen LogP contribution in [-0.4, -0.2) is 48.3 Å². The summed E-state index contributed by atoms with van der Waals surface area (Å²) >= 11 is 1.41. The van der Waals surface area contributed by atoms with Crippen LogP contribution in [0.4, 0.5) is 9.52 Å². The van der Waals surface area contributed by atoms with Crippen LogP contribution >= 0.6 is 11.3 Å². The van der Waals surface area contributed by atoms with E-state index in [2.05, 4.69) is 4.98 Å². The number of rotatable bonds is 8. The van der Waals surface area contributed by atoms with Gasteiger partial charge in [0, 0.05) is 25.2 Å². The summed E-state index contributed by atoms with van der Waals surface area (Å²) in [5.41, 5.74) is 1.43. The van der Waals surface area contributed by atoms with Crippen molar-refractivity contribution in [2.75, 3.05) is 24.6 Å². The van der Waals surface area contributed by atoms with Crippen LogP contribution in [-0.2, 0) is 21.4 Å². The first kappa shape index (κ1) is 26.2. The number of sulfonamides is 1. The smallest absolute Gasteiger partial charge is 0.243 e. The molecular weight excluding hydrogens is 527 g/mol. The van der Waals surface area contributed by atoms with E-state index in [-0.39, 0.29) is 36.4 Å². The SMILES string of the molecule is CCOc1cccc2sc(N(Cc3ccccn3)C(=O)C3CCN(S(=O)(=O)c4ccc(F)cc4)CC3)nc12. The van der Waals surface area contributed by atoms with Crippen molar-refractivity contribution in [2.24, 2.45) is 5.92 Å². The number of nitrogens with zero attached hydrogens (tertiary/aromatic N) is 4. The normalized spacial score (nSPS) is 15.0. The monoisotopic (exact) mass is 554 g/mol. The van der Waals surface area contributed by atoms with Crippen LogP contribution in [0.2, 0.25) is 0 Å². The van der Waals surface area contributed by atoms with Crippen LogP contribution in [0, 0.1) is 11.7 Å². The lowest BCUT2D eigenvalue weighted by Gasteiger charge is -2.33. The Morgan fingerprint density at radius 1 is 1.11 bits per heavy atom. The minimum absolute atomic E-state index is 0.0417. The molecule has 1 amide bonds. The molecule has 1 aliphatic heterocycles. The lowest BCUT2D eigenvalue weighted by Crippen LogP contribution is -2.44. The van der Waals surface area contributed by atoms with Crippen LogP contribution in [0.5, 0.6) is 5.75 Å². The number of hydrogen-bond donors (Lipinski definition) is 0. The summed E-state index contributed by atoms with van der Waals surface area (Å²) in [6.45, 7) is 3.05. The third-order valence-electron chi connectivity index (χ3n) is 6.47. The standard InChI is InChI=1S/C27H27FN4O4S2/c1-2-36-23-7-5-8-24-25(23)30-27(37-24)32(18-21-6-3-4-15-29-21)26(33)19-13-16-31(17-14-19)38(34,35)22-11-9-20(28)10-12-22/h3-12,15,19H,2,13-14,16-18H2,1H3. The second kappa shape index (κ2) is 11.1. The average molecular weight is 555 g/mol. The zero-order valence-corrected chi connectivity index (χ0v) is 22.4. The van der Waals surface area contributed by atoms with E-state index in [0.29, 0.717) is 35.8 Å². The van der Waals surface area contributed by atoms with Gasteiger partial charge in [0.15, 0.2) is 5.13 Å². The number of pyridine rings is 1. The van der Waals surface area contributed by atoms with Gasteiger partial charge in [0.05, 0.1) is 28.4 Å². The quantitative estimate of drug-likeness (QED) is 0.309. The van der Waals surface area contributed by atoms with E-state index in [0.717, 1.165) is 22.5 Å². The van der Waals surface area contributed by atoms with E-state index < -0.39 is 15.8 Å². The summed E-state index contributed by atoms with van der Waals surface area (Å²) in [6.07, 6.45) is 2.42. The second-order valence-electron chi connectivity index (χ2n) is 8.91. The molecule has 0 aliphatic carbocycles. The van der Waals surface area contributed by atoms with Gasteiger partial charge in [-0.3, -0.25) is 14.7 Å². The molecule has 1 fully saturated rings. The summed E-state index contributed by atoms with van der Waals surface area (Å²) in [4.78, 5) is 24.7. The summed E-state index contributed by atoms with van der Waals surface area (Å²) in [5.74, 6) is -0.329. The number of hydrogen-bond acceptors (Lipinski definition) is 7. The van der Waals surface area contributed by atoms with Crippen LogP contribution in [0.3, 0.4) is 0 Å². The molecule has 1 saturated heterocycles. The fourth-order valence-corrected chi connectivity index (χ4v) is 6.97. The highest BCUT2D eigenvalue weighted by atomic mass is 32.2. The number of halogens is 1. The molecular formula is C27H27FN4O4S2. The molecule has 2 aromatic carbocycles. The molecule has 0 bridgehead atoms. The number of carbonyl (C=O) groups is 1. The summed E-state index contributed by atoms with van der Waals surface area (Å²) < 4.78 is 47.4. The molecule has 198 valence electrons. The van der Waals surface area contributed by atoms with Gasteiger partial charge in [0.1, 0.15) is 17.1 Å². The molecule has 8 nitrogen and oxygen atoms in total. The largest absolute Gasteiger partial charge is 0.492 e. The van der Waals surface area contributed by atoms with Gasteiger partial charge in [-0.2, -0.15) is 4.31 Å². The Bertz CT molecular complexity index is 1520. The van der Waals surface area contributed by atoms with Crippen molar-refractivity contribution in [3.05, 3.63) is 78.4 Å². The van der Waals surface area contributed by atoms with Crippen LogP contribution in [0.15, 0.2) is 71.8 Å². The molecule has 38 heavy (non-hydrogen) atoms. The lowest BCUT2D eigenvalue weighted by molar-refractivity contribution is -0.123. The zero-order valence-electron chi connectivity index (χ0n) is 20.8. The molecule has 3 heterocycles. The third-order valence-corrected chi connectivity index (χ3v) is 9.42. The van der Waals surface area contributed by atoms with E-state index in [1.54, 1.807) is 11.1 Å². The van der Waals surface area contributed by atoms with Gasteiger partial charge < -0.3 is 4.74 Å². The summed E-state index contributed by atoms with van der Waals surface area (Å²) in [6, 6.07) is 16.0. The highest BCUT2D eigenvalue weighted by molar-refractivity contribution is 7.89. The van der Waals surface area contributed by atoms with Crippen LogP contribution in [0.1, 0.15) is 25.5 Å². The molecule has 0 saturated carbocycles. The number of fused-ring (bicyclic) bond motifs is 1. The van der Waals surface area contributed by atoms with E-state index in [1.807, 2.05) is 43.3 Å². The van der Waals surface area contributed by atoms with Crippen molar-refractivity contribution in [1.82, 2.24) is 14.3 Å². The number of amides is 1. The number of thiazole rings is 1. The van der Waals surface area contributed by atoms with Crippen molar-refractivity contribution < 1.29 is 22.3 Å². The van der Waals surface area contributed by atoms with Gasteiger partial charge >= 0.3 is 0 Å². The van der Waals surface area contributed by atoms with Crippen molar-refractivity contribution in [3.8, 4) is 5.75 Å². The molecule has 2 aromatic heterocycles. The Morgan fingerprint density at radius 3 is 2.55 bits per heavy atom. The highest BCUT2D eigenvalue weighted by Gasteiger charge is 2.35. The van der Waals surface area contributed by atoms with Crippen LogP contribution in [0.25, 0.3) is 10.2 Å². The fourth-order valence-electron chi connectivity index (χ4n) is 4.51. The van der Waals surface area contributed by atoms with E-state index in [9.17, 15) is 17.6 Å². The number of carbonyl (C=O) groups excluding carboxylic acids is 1. The average Bonchev–Trinajstić information content (AvgIpc) is 3.37. The Kier molecular flexibility index (Phi) is 7.68. The Balaban J connectivity index is 1.38. The maximum Gasteiger partial charge on any atom is 0.243 e. The number of anilines is 1. The first-order valence-electron chi connectivity index (χ1n) is 12.4. The first-order chi connectivity index (χ1) is 18.4. The maximum absolute atomic E-state index is 13.9. The number of para-hydroxylation sites is 1. The molecule has 0 spiro atoms. The predicted molar refractivity (Wildman–Crippen MR) is 144 cm³/mol. The predicted octanol–water partition coefficient (Wildman–Crippen LogP) is 4.86. The number of benzene rings is 2. The van der Waals surface area contributed by atoms with Crippen molar-refractivity contribution in [3.63, 3.8) is 0 Å². The van der Waals surface area contributed by atoms with Gasteiger partial charge in [-0.1, -0.05) is 23.5 Å². The van der Waals surface area contributed by atoms with Gasteiger partial charge in [-0.05, 0) is 68.3 Å². The minimum Gasteiger partial charge on any atom is -0.492 e. The molecule has 0 atom stereocenters. The second-order valence-corrected chi connectivity index (χ2v) is 11.9. The van der Waals surface area contributed by atoms with E-state index in [1.165, 1.54) is 27.8 Å². The van der Waals surface area contributed by atoms with Crippen molar-refractivity contribution in [1.29, 1.82) is 0 Å². The molecule has 0 N–H and O–H groups in total. The molecule has 1 aliphatic rings. The molecule has 0 unspecified atom stereocenters. The Labute approximate surface area is 224 Å². The van der Waals surface area contributed by atoms with Gasteiger partial charge in [0.2, 0.25) is 15.9 Å². The Hall–Kier alpha value is -3.41. The highest BCUT2D eigenvalue weighted by Crippen LogP contribution is 2.36. The zero-order chi connectivity index (χ0) is 26.7. The summed E-state index contributed by atoms with van der Waals surface area (Å²) in [5, 5.41) is 0.546. The molecule has 4 aromatic rings. The van der Waals surface area contributed by atoms with Gasteiger partial charge in [-0.25, -0.2) is 17.8 Å². The van der Waals surface area contributed by atoms with Crippen molar-refractivity contribution >= 4 is 42.6 Å².